The first-order valence-corrected chi connectivity index (χ1v) is 5.94. The Bertz CT molecular complexity index is 714. The molecule has 0 atom stereocenters. The Hall–Kier alpha value is -2.15. The van der Waals surface area contributed by atoms with Gasteiger partial charge in [-0.3, -0.25) is 4.55 Å². The van der Waals surface area contributed by atoms with Gasteiger partial charge in [0.2, 0.25) is 0 Å². The number of phenolic OH excluding ortho intramolecular Hbond substituents is 1. The van der Waals surface area contributed by atoms with Crippen LogP contribution in [0.4, 0.5) is 5.69 Å². The molecule has 0 aliphatic heterocycles. The number of rotatable bonds is 2. The smallest absolute Gasteiger partial charge is 0.295 e. The van der Waals surface area contributed by atoms with Crippen molar-refractivity contribution in [2.24, 2.45) is 5.18 Å². The van der Waals surface area contributed by atoms with E-state index in [9.17, 15) is 18.4 Å². The SMILES string of the molecule is O.O.O.O.O=Nc1cc(S(=O)(=O)O)c2ccccc2c1O. The quantitative estimate of drug-likeness (QED) is 0.514. The molecule has 21 heavy (non-hydrogen) atoms. The van der Waals surface area contributed by atoms with Crippen LogP contribution in [0.15, 0.2) is 40.4 Å². The molecule has 0 spiro atoms. The maximum Gasteiger partial charge on any atom is 0.295 e. The van der Waals surface area contributed by atoms with Crippen LogP contribution in [0.25, 0.3) is 10.8 Å². The summed E-state index contributed by atoms with van der Waals surface area (Å²) < 4.78 is 31.4. The van der Waals surface area contributed by atoms with Gasteiger partial charge in [-0.05, 0) is 11.2 Å². The Balaban J connectivity index is -0.000000810. The number of nitrogens with zero attached hydrogens (tertiary/aromatic N) is 1. The molecule has 11 heteroatoms. The molecular formula is C10H15NO9S. The summed E-state index contributed by atoms with van der Waals surface area (Å²) in [7, 11) is -4.49. The van der Waals surface area contributed by atoms with Gasteiger partial charge in [-0.1, -0.05) is 24.3 Å². The molecule has 2 aromatic rings. The van der Waals surface area contributed by atoms with E-state index < -0.39 is 26.5 Å². The van der Waals surface area contributed by atoms with E-state index in [-0.39, 0.29) is 32.7 Å². The van der Waals surface area contributed by atoms with E-state index in [4.69, 9.17) is 4.55 Å². The minimum atomic E-state index is -4.49. The average molecular weight is 325 g/mol. The van der Waals surface area contributed by atoms with Gasteiger partial charge in [0.05, 0.1) is 0 Å². The summed E-state index contributed by atoms with van der Waals surface area (Å²) in [6.07, 6.45) is 0. The molecule has 0 aliphatic carbocycles. The number of hydrogen-bond donors (Lipinski definition) is 2. The fourth-order valence-corrected chi connectivity index (χ4v) is 2.31. The zero-order chi connectivity index (χ0) is 12.6. The van der Waals surface area contributed by atoms with Crippen molar-refractivity contribution in [3.63, 3.8) is 0 Å². The Labute approximate surface area is 118 Å². The number of hydrogen-bond acceptors (Lipinski definition) is 5. The second kappa shape index (κ2) is 8.21. The summed E-state index contributed by atoms with van der Waals surface area (Å²) in [6, 6.07) is 6.77. The molecule has 0 aromatic heterocycles. The topological polar surface area (TPSA) is 230 Å². The summed E-state index contributed by atoms with van der Waals surface area (Å²) in [5.41, 5.74) is -0.434. The lowest BCUT2D eigenvalue weighted by atomic mass is 10.1. The highest BCUT2D eigenvalue weighted by Gasteiger charge is 2.19. The van der Waals surface area contributed by atoms with Gasteiger partial charge in [-0.15, -0.1) is 4.91 Å². The highest BCUT2D eigenvalue weighted by Crippen LogP contribution is 2.38. The molecule has 0 radical (unpaired) electrons. The molecule has 10 N–H and O–H groups in total. The minimum Gasteiger partial charge on any atom is -0.505 e. The molecule has 0 amide bonds. The van der Waals surface area contributed by atoms with Gasteiger partial charge in [0, 0.05) is 10.8 Å². The molecule has 0 fully saturated rings. The van der Waals surface area contributed by atoms with Gasteiger partial charge in [-0.2, -0.15) is 8.42 Å². The Morgan fingerprint density at radius 3 is 1.86 bits per heavy atom. The van der Waals surface area contributed by atoms with E-state index in [0.717, 1.165) is 6.07 Å². The van der Waals surface area contributed by atoms with Crippen LogP contribution in [-0.2, 0) is 10.1 Å². The monoisotopic (exact) mass is 325 g/mol. The highest BCUT2D eigenvalue weighted by molar-refractivity contribution is 7.86. The maximum atomic E-state index is 11.2. The van der Waals surface area contributed by atoms with Crippen LogP contribution in [0.3, 0.4) is 0 Å². The first kappa shape index (κ1) is 23.9. The number of fused-ring (bicyclic) bond motifs is 1. The summed E-state index contributed by atoms with van der Waals surface area (Å²) in [5.74, 6) is -0.414. The minimum absolute atomic E-state index is 0. The zero-order valence-electron chi connectivity index (χ0n) is 10.4. The normalized spacial score (nSPS) is 9.38. The van der Waals surface area contributed by atoms with E-state index in [1.807, 2.05) is 0 Å². The summed E-state index contributed by atoms with van der Waals surface area (Å²) in [4.78, 5) is 10.0. The van der Waals surface area contributed by atoms with Crippen molar-refractivity contribution in [2.75, 3.05) is 0 Å². The third kappa shape index (κ3) is 4.16. The van der Waals surface area contributed by atoms with Crippen LogP contribution in [0.2, 0.25) is 0 Å². The zero-order valence-corrected chi connectivity index (χ0v) is 11.2. The Morgan fingerprint density at radius 1 is 0.952 bits per heavy atom. The highest BCUT2D eigenvalue weighted by atomic mass is 32.2. The van der Waals surface area contributed by atoms with Crippen molar-refractivity contribution >= 4 is 26.6 Å². The van der Waals surface area contributed by atoms with Crippen molar-refractivity contribution in [3.8, 4) is 5.75 Å². The molecule has 10 nitrogen and oxygen atoms in total. The molecule has 120 valence electrons. The molecule has 2 rings (SSSR count). The number of aromatic hydroxyl groups is 1. The number of benzene rings is 2. The molecule has 0 heterocycles. The predicted octanol–water partition coefficient (Wildman–Crippen LogP) is -1.11. The van der Waals surface area contributed by atoms with Crippen molar-refractivity contribution < 1.29 is 40.0 Å². The first-order valence-electron chi connectivity index (χ1n) is 4.50. The van der Waals surface area contributed by atoms with Crippen LogP contribution in [0.1, 0.15) is 0 Å². The second-order valence-electron chi connectivity index (χ2n) is 3.35. The van der Waals surface area contributed by atoms with Gasteiger partial charge in [-0.25, -0.2) is 0 Å². The third-order valence-electron chi connectivity index (χ3n) is 2.33. The molecule has 0 saturated carbocycles. The van der Waals surface area contributed by atoms with Gasteiger partial charge in [0.15, 0.2) is 11.4 Å². The van der Waals surface area contributed by atoms with Crippen LogP contribution in [0, 0.1) is 4.91 Å². The largest absolute Gasteiger partial charge is 0.505 e. The van der Waals surface area contributed by atoms with E-state index in [0.29, 0.717) is 0 Å². The Morgan fingerprint density at radius 2 is 1.43 bits per heavy atom. The second-order valence-corrected chi connectivity index (χ2v) is 4.74. The Kier molecular flexibility index (Phi) is 9.34. The van der Waals surface area contributed by atoms with Crippen molar-refractivity contribution in [2.45, 2.75) is 4.90 Å². The number of nitroso groups, excluding NO2 is 1. The van der Waals surface area contributed by atoms with Gasteiger partial charge in [0.25, 0.3) is 10.1 Å². The van der Waals surface area contributed by atoms with Gasteiger partial charge >= 0.3 is 0 Å². The predicted molar refractivity (Wildman–Crippen MR) is 75.3 cm³/mol. The molecule has 2 aromatic carbocycles. The lowest BCUT2D eigenvalue weighted by Gasteiger charge is -2.06. The molecule has 0 unspecified atom stereocenters. The molecular weight excluding hydrogens is 310 g/mol. The van der Waals surface area contributed by atoms with Gasteiger partial charge < -0.3 is 27.0 Å². The average Bonchev–Trinajstić information content (AvgIpc) is 2.28. The summed E-state index contributed by atoms with van der Waals surface area (Å²) in [6.45, 7) is 0. The standard InChI is InChI=1S/C10H7NO5S.4H2O/c12-10-7-4-2-1-3-6(7)9(17(14,15)16)5-8(10)11-13;;;;/h1-5,12H,(H,14,15,16);4*1H2. The van der Waals surface area contributed by atoms with Gasteiger partial charge in [0.1, 0.15) is 4.90 Å². The molecule has 0 bridgehead atoms. The van der Waals surface area contributed by atoms with E-state index in [2.05, 4.69) is 5.18 Å². The summed E-state index contributed by atoms with van der Waals surface area (Å²) in [5, 5.41) is 12.4. The maximum absolute atomic E-state index is 11.2. The van der Waals surface area contributed by atoms with Crippen LogP contribution < -0.4 is 0 Å². The van der Waals surface area contributed by atoms with E-state index in [1.165, 1.54) is 12.1 Å². The molecule has 0 saturated heterocycles. The lowest BCUT2D eigenvalue weighted by Crippen LogP contribution is -1.99. The van der Waals surface area contributed by atoms with Crippen molar-refractivity contribution in [1.29, 1.82) is 0 Å². The first-order chi connectivity index (χ1) is 7.95. The fraction of sp³-hybridized carbons (Fsp3) is 0. The van der Waals surface area contributed by atoms with Crippen LogP contribution in [-0.4, -0.2) is 40.0 Å². The van der Waals surface area contributed by atoms with Crippen LogP contribution in [0.5, 0.6) is 5.75 Å². The fourth-order valence-electron chi connectivity index (χ4n) is 1.60. The van der Waals surface area contributed by atoms with E-state index in [1.54, 1.807) is 12.1 Å². The van der Waals surface area contributed by atoms with E-state index >= 15 is 0 Å². The number of phenols is 1. The van der Waals surface area contributed by atoms with Crippen LogP contribution >= 0.6 is 0 Å². The third-order valence-corrected chi connectivity index (χ3v) is 3.23. The lowest BCUT2D eigenvalue weighted by molar-refractivity contribution is 0.480. The summed E-state index contributed by atoms with van der Waals surface area (Å²) >= 11 is 0. The molecule has 0 aliphatic rings. The van der Waals surface area contributed by atoms with Crippen molar-refractivity contribution in [1.82, 2.24) is 0 Å². The van der Waals surface area contributed by atoms with Crippen molar-refractivity contribution in [3.05, 3.63) is 35.2 Å².